The highest BCUT2D eigenvalue weighted by Gasteiger charge is 2.05. The Kier molecular flexibility index (Phi) is 4.43. The average Bonchev–Trinajstić information content (AvgIpc) is 2.20. The van der Waals surface area contributed by atoms with Crippen LogP contribution in [0, 0.1) is 11.6 Å². The van der Waals surface area contributed by atoms with Crippen LogP contribution in [-0.4, -0.2) is 6.04 Å². The van der Waals surface area contributed by atoms with Crippen LogP contribution in [0.5, 0.6) is 0 Å². The Hall–Kier alpha value is -1.22. The number of halogens is 2. The summed E-state index contributed by atoms with van der Waals surface area (Å²) in [4.78, 5) is 0. The molecule has 3 heteroatoms. The predicted molar refractivity (Wildman–Crippen MR) is 57.5 cm³/mol. The Morgan fingerprint density at radius 1 is 1.47 bits per heavy atom. The van der Waals surface area contributed by atoms with E-state index in [1.807, 2.05) is 6.92 Å². The largest absolute Gasteiger partial charge is 0.310 e. The van der Waals surface area contributed by atoms with E-state index >= 15 is 0 Å². The number of rotatable bonds is 5. The molecule has 15 heavy (non-hydrogen) atoms. The van der Waals surface area contributed by atoms with Crippen molar-refractivity contribution in [2.24, 2.45) is 0 Å². The van der Waals surface area contributed by atoms with Gasteiger partial charge in [-0.15, -0.1) is 6.58 Å². The molecule has 0 heterocycles. The van der Waals surface area contributed by atoms with Crippen LogP contribution in [0.3, 0.4) is 0 Å². The van der Waals surface area contributed by atoms with Crippen molar-refractivity contribution < 1.29 is 8.78 Å². The summed E-state index contributed by atoms with van der Waals surface area (Å²) in [5.74, 6) is -0.792. The van der Waals surface area contributed by atoms with E-state index < -0.39 is 5.82 Å². The van der Waals surface area contributed by atoms with Gasteiger partial charge in [0.1, 0.15) is 11.6 Å². The fourth-order valence-electron chi connectivity index (χ4n) is 1.30. The molecule has 0 saturated heterocycles. The molecular weight excluding hydrogens is 196 g/mol. The van der Waals surface area contributed by atoms with Crippen molar-refractivity contribution in [1.82, 2.24) is 5.32 Å². The molecule has 82 valence electrons. The van der Waals surface area contributed by atoms with Crippen molar-refractivity contribution in [3.8, 4) is 0 Å². The van der Waals surface area contributed by atoms with Gasteiger partial charge >= 0.3 is 0 Å². The van der Waals surface area contributed by atoms with E-state index in [2.05, 4.69) is 11.9 Å². The summed E-state index contributed by atoms with van der Waals surface area (Å²) in [7, 11) is 0. The van der Waals surface area contributed by atoms with Gasteiger partial charge in [-0.3, -0.25) is 0 Å². The maximum absolute atomic E-state index is 13.2. The maximum atomic E-state index is 13.2. The Balaban J connectivity index is 2.56. The van der Waals surface area contributed by atoms with Gasteiger partial charge in [-0.2, -0.15) is 0 Å². The Morgan fingerprint density at radius 3 is 2.87 bits per heavy atom. The number of nitrogens with one attached hydrogen (secondary N) is 1. The minimum absolute atomic E-state index is 0.213. The summed E-state index contributed by atoms with van der Waals surface area (Å²) in [5, 5.41) is 3.09. The first kappa shape index (κ1) is 11.9. The van der Waals surface area contributed by atoms with Gasteiger partial charge in [0.05, 0.1) is 0 Å². The molecule has 1 nitrogen and oxygen atoms in total. The second-order valence-electron chi connectivity index (χ2n) is 3.54. The van der Waals surface area contributed by atoms with E-state index in [1.54, 1.807) is 6.08 Å². The van der Waals surface area contributed by atoms with Gasteiger partial charge < -0.3 is 5.32 Å². The Morgan fingerprint density at radius 2 is 2.20 bits per heavy atom. The molecule has 0 bridgehead atoms. The van der Waals surface area contributed by atoms with Gasteiger partial charge in [0.2, 0.25) is 0 Å². The monoisotopic (exact) mass is 211 g/mol. The predicted octanol–water partition coefficient (Wildman–Crippen LogP) is 3.02. The summed E-state index contributed by atoms with van der Waals surface area (Å²) in [5.41, 5.74) is 0.353. The van der Waals surface area contributed by atoms with Gasteiger partial charge in [-0.05, 0) is 31.5 Å². The third kappa shape index (κ3) is 3.80. The van der Waals surface area contributed by atoms with Crippen molar-refractivity contribution >= 4 is 0 Å². The minimum atomic E-state index is -0.412. The normalized spacial score (nSPS) is 12.5. The highest BCUT2D eigenvalue weighted by Crippen LogP contribution is 2.09. The lowest BCUT2D eigenvalue weighted by atomic mass is 10.1. The molecule has 1 aromatic rings. The van der Waals surface area contributed by atoms with Crippen molar-refractivity contribution in [2.45, 2.75) is 25.9 Å². The van der Waals surface area contributed by atoms with Gasteiger partial charge in [0.25, 0.3) is 0 Å². The van der Waals surface area contributed by atoms with Crippen LogP contribution >= 0.6 is 0 Å². The molecule has 1 rings (SSSR count). The molecule has 1 atom stereocenters. The van der Waals surface area contributed by atoms with Crippen molar-refractivity contribution in [3.05, 3.63) is 48.1 Å². The molecule has 0 amide bonds. The highest BCUT2D eigenvalue weighted by atomic mass is 19.1. The fraction of sp³-hybridized carbons (Fsp3) is 0.333. The molecule has 0 aromatic heterocycles. The van der Waals surface area contributed by atoms with Gasteiger partial charge in [-0.25, -0.2) is 8.78 Å². The van der Waals surface area contributed by atoms with E-state index in [0.29, 0.717) is 12.1 Å². The molecule has 0 radical (unpaired) electrons. The smallest absolute Gasteiger partial charge is 0.127 e. The molecule has 0 aliphatic heterocycles. The van der Waals surface area contributed by atoms with Gasteiger partial charge in [0, 0.05) is 18.2 Å². The first-order chi connectivity index (χ1) is 7.13. The zero-order valence-corrected chi connectivity index (χ0v) is 8.76. The van der Waals surface area contributed by atoms with Crippen LogP contribution in [-0.2, 0) is 6.54 Å². The maximum Gasteiger partial charge on any atom is 0.127 e. The summed E-state index contributed by atoms with van der Waals surface area (Å²) in [6.45, 7) is 5.92. The Bertz CT molecular complexity index is 336. The summed E-state index contributed by atoms with van der Waals surface area (Å²) >= 11 is 0. The standard InChI is InChI=1S/C12H15F2N/c1-3-4-9(2)15-8-10-7-11(13)5-6-12(10)14/h3,5-7,9,15H,1,4,8H2,2H3. The number of benzene rings is 1. The highest BCUT2D eigenvalue weighted by molar-refractivity contribution is 5.18. The van der Waals surface area contributed by atoms with E-state index in [0.717, 1.165) is 18.6 Å². The molecule has 1 aromatic carbocycles. The first-order valence-electron chi connectivity index (χ1n) is 4.91. The lowest BCUT2D eigenvalue weighted by Crippen LogP contribution is -2.25. The van der Waals surface area contributed by atoms with E-state index in [9.17, 15) is 8.78 Å². The third-order valence-corrected chi connectivity index (χ3v) is 2.17. The Labute approximate surface area is 88.8 Å². The lowest BCUT2D eigenvalue weighted by Gasteiger charge is -2.11. The van der Waals surface area contributed by atoms with Crippen molar-refractivity contribution in [3.63, 3.8) is 0 Å². The lowest BCUT2D eigenvalue weighted by molar-refractivity contribution is 0.525. The number of hydrogen-bond donors (Lipinski definition) is 1. The van der Waals surface area contributed by atoms with Gasteiger partial charge in [-0.1, -0.05) is 6.08 Å². The summed E-state index contributed by atoms with van der Waals surface area (Å²) in [6.07, 6.45) is 2.59. The zero-order chi connectivity index (χ0) is 11.3. The molecule has 0 aliphatic rings. The fourth-order valence-corrected chi connectivity index (χ4v) is 1.30. The van der Waals surface area contributed by atoms with Crippen LogP contribution in [0.15, 0.2) is 30.9 Å². The zero-order valence-electron chi connectivity index (χ0n) is 8.76. The van der Waals surface area contributed by atoms with Crippen molar-refractivity contribution in [2.75, 3.05) is 0 Å². The van der Waals surface area contributed by atoms with E-state index in [1.165, 1.54) is 6.07 Å². The topological polar surface area (TPSA) is 12.0 Å². The van der Waals surface area contributed by atoms with E-state index in [4.69, 9.17) is 0 Å². The molecule has 1 N–H and O–H groups in total. The molecule has 1 unspecified atom stereocenters. The van der Waals surface area contributed by atoms with Crippen LogP contribution in [0.4, 0.5) is 8.78 Å². The third-order valence-electron chi connectivity index (χ3n) is 2.17. The van der Waals surface area contributed by atoms with Crippen LogP contribution in [0.25, 0.3) is 0 Å². The quantitative estimate of drug-likeness (QED) is 0.738. The molecule has 0 spiro atoms. The molecule has 0 saturated carbocycles. The number of hydrogen-bond acceptors (Lipinski definition) is 1. The van der Waals surface area contributed by atoms with Gasteiger partial charge in [0.15, 0.2) is 0 Å². The van der Waals surface area contributed by atoms with Crippen LogP contribution in [0.2, 0.25) is 0 Å². The second kappa shape index (κ2) is 5.61. The SMILES string of the molecule is C=CCC(C)NCc1cc(F)ccc1F. The summed E-state index contributed by atoms with van der Waals surface area (Å²) < 4.78 is 26.0. The van der Waals surface area contributed by atoms with Crippen LogP contribution in [0.1, 0.15) is 18.9 Å². The second-order valence-corrected chi connectivity index (χ2v) is 3.54. The van der Waals surface area contributed by atoms with Crippen LogP contribution < -0.4 is 5.32 Å². The summed E-state index contributed by atoms with van der Waals surface area (Å²) in [6, 6.07) is 3.68. The minimum Gasteiger partial charge on any atom is -0.310 e. The molecular formula is C12H15F2N. The average molecular weight is 211 g/mol. The van der Waals surface area contributed by atoms with E-state index in [-0.39, 0.29) is 11.9 Å². The molecule has 0 fully saturated rings. The first-order valence-corrected chi connectivity index (χ1v) is 4.91. The van der Waals surface area contributed by atoms with Crippen molar-refractivity contribution in [1.29, 1.82) is 0 Å². The molecule has 0 aliphatic carbocycles.